The van der Waals surface area contributed by atoms with Crippen molar-refractivity contribution >= 4 is 15.7 Å². The summed E-state index contributed by atoms with van der Waals surface area (Å²) in [5.74, 6) is 0. The van der Waals surface area contributed by atoms with Crippen LogP contribution in [-0.2, 0) is 10.0 Å². The van der Waals surface area contributed by atoms with Crippen LogP contribution >= 0.6 is 0 Å². The van der Waals surface area contributed by atoms with Gasteiger partial charge < -0.3 is 5.32 Å². The van der Waals surface area contributed by atoms with Crippen molar-refractivity contribution in [3.63, 3.8) is 0 Å². The Hall–Kier alpha value is -1.07. The zero-order valence-electron chi connectivity index (χ0n) is 12.0. The lowest BCUT2D eigenvalue weighted by atomic mass is 10.1. The minimum Gasteiger partial charge on any atom is -0.388 e. The van der Waals surface area contributed by atoms with E-state index in [1.54, 1.807) is 4.31 Å². The molecule has 1 aromatic carbocycles. The molecule has 0 aromatic heterocycles. The molecule has 2 rings (SSSR count). The van der Waals surface area contributed by atoms with Gasteiger partial charge in [0.15, 0.2) is 0 Å². The summed E-state index contributed by atoms with van der Waals surface area (Å²) >= 11 is 0. The van der Waals surface area contributed by atoms with E-state index in [0.717, 1.165) is 29.7 Å². The highest BCUT2D eigenvalue weighted by atomic mass is 32.2. The fourth-order valence-corrected chi connectivity index (χ4v) is 5.00. The first-order valence-corrected chi connectivity index (χ1v) is 8.12. The second-order valence-corrected chi connectivity index (χ2v) is 7.12. The summed E-state index contributed by atoms with van der Waals surface area (Å²) in [6.07, 6.45) is 1.90. The lowest BCUT2D eigenvalue weighted by molar-refractivity contribution is 0.408. The van der Waals surface area contributed by atoms with Crippen molar-refractivity contribution in [2.24, 2.45) is 0 Å². The monoisotopic (exact) mass is 282 g/mol. The molecule has 5 heteroatoms. The number of nitrogens with one attached hydrogen (secondary N) is 1. The molecule has 1 saturated heterocycles. The molecular weight excluding hydrogens is 260 g/mol. The highest BCUT2D eigenvalue weighted by Gasteiger charge is 2.34. The first-order valence-electron chi connectivity index (χ1n) is 6.68. The van der Waals surface area contributed by atoms with Gasteiger partial charge in [-0.05, 0) is 56.9 Å². The van der Waals surface area contributed by atoms with Gasteiger partial charge >= 0.3 is 0 Å². The van der Waals surface area contributed by atoms with E-state index in [1.807, 2.05) is 40.0 Å². The van der Waals surface area contributed by atoms with Gasteiger partial charge in [0.25, 0.3) is 0 Å². The Bertz CT molecular complexity index is 558. The lowest BCUT2D eigenvalue weighted by Crippen LogP contribution is -2.34. The van der Waals surface area contributed by atoms with E-state index in [-0.39, 0.29) is 6.04 Å². The summed E-state index contributed by atoms with van der Waals surface area (Å²) in [7, 11) is -1.53. The predicted molar refractivity (Wildman–Crippen MR) is 78.1 cm³/mol. The number of nitrogens with zero attached hydrogens (tertiary/aromatic N) is 1. The van der Waals surface area contributed by atoms with Crippen molar-refractivity contribution < 1.29 is 8.42 Å². The van der Waals surface area contributed by atoms with Crippen LogP contribution in [-0.4, -0.2) is 32.4 Å². The second kappa shape index (κ2) is 5.13. The number of rotatable bonds is 3. The molecule has 0 spiro atoms. The Morgan fingerprint density at radius 1 is 1.26 bits per heavy atom. The first kappa shape index (κ1) is 14.3. The minimum absolute atomic E-state index is 0.104. The van der Waals surface area contributed by atoms with E-state index < -0.39 is 10.0 Å². The van der Waals surface area contributed by atoms with Gasteiger partial charge in [-0.1, -0.05) is 0 Å². The van der Waals surface area contributed by atoms with Crippen molar-refractivity contribution in [3.05, 3.63) is 23.3 Å². The molecule has 1 fully saturated rings. The molecule has 19 heavy (non-hydrogen) atoms. The number of aryl methyl sites for hydroxylation is 2. The summed E-state index contributed by atoms with van der Waals surface area (Å²) in [5, 5.41) is 3.06. The van der Waals surface area contributed by atoms with Gasteiger partial charge in [0.2, 0.25) is 10.0 Å². The molecule has 1 atom stereocenters. The molecule has 1 unspecified atom stereocenters. The molecule has 0 amide bonds. The molecule has 4 nitrogen and oxygen atoms in total. The quantitative estimate of drug-likeness (QED) is 0.926. The highest BCUT2D eigenvalue weighted by Crippen LogP contribution is 2.31. The fourth-order valence-electron chi connectivity index (χ4n) is 2.88. The van der Waals surface area contributed by atoms with Gasteiger partial charge in [0.05, 0.1) is 4.90 Å². The zero-order chi connectivity index (χ0) is 14.2. The molecule has 106 valence electrons. The van der Waals surface area contributed by atoms with Crippen LogP contribution in [0.3, 0.4) is 0 Å². The Kier molecular flexibility index (Phi) is 3.87. The maximum absolute atomic E-state index is 12.8. The number of sulfonamides is 1. The van der Waals surface area contributed by atoms with Gasteiger partial charge in [-0.15, -0.1) is 0 Å². The van der Waals surface area contributed by atoms with E-state index in [2.05, 4.69) is 5.32 Å². The Balaban J connectivity index is 2.52. The molecule has 1 aliphatic rings. The van der Waals surface area contributed by atoms with E-state index in [0.29, 0.717) is 11.4 Å². The van der Waals surface area contributed by atoms with E-state index >= 15 is 0 Å². The van der Waals surface area contributed by atoms with Gasteiger partial charge in [0.1, 0.15) is 0 Å². The highest BCUT2D eigenvalue weighted by molar-refractivity contribution is 7.89. The average Bonchev–Trinajstić information content (AvgIpc) is 2.74. The number of anilines is 1. The van der Waals surface area contributed by atoms with Crippen molar-refractivity contribution in [1.29, 1.82) is 0 Å². The van der Waals surface area contributed by atoms with Gasteiger partial charge in [-0.2, -0.15) is 4.31 Å². The van der Waals surface area contributed by atoms with Crippen LogP contribution in [0.1, 0.15) is 30.9 Å². The zero-order valence-corrected chi connectivity index (χ0v) is 12.8. The van der Waals surface area contributed by atoms with E-state index in [9.17, 15) is 8.42 Å². The molecule has 1 aromatic rings. The molecule has 1 heterocycles. The van der Waals surface area contributed by atoms with Crippen LogP contribution in [0.5, 0.6) is 0 Å². The van der Waals surface area contributed by atoms with Crippen LogP contribution in [0.4, 0.5) is 5.69 Å². The van der Waals surface area contributed by atoms with E-state index in [4.69, 9.17) is 0 Å². The molecule has 1 aliphatic heterocycles. The van der Waals surface area contributed by atoms with Crippen LogP contribution < -0.4 is 5.32 Å². The maximum atomic E-state index is 12.8. The number of hydrogen-bond acceptors (Lipinski definition) is 3. The van der Waals surface area contributed by atoms with Crippen LogP contribution in [0.2, 0.25) is 0 Å². The molecule has 0 saturated carbocycles. The van der Waals surface area contributed by atoms with Gasteiger partial charge in [0, 0.05) is 25.3 Å². The second-order valence-electron chi connectivity index (χ2n) is 5.30. The Labute approximate surface area is 115 Å². The number of benzene rings is 1. The minimum atomic E-state index is -3.37. The molecule has 0 bridgehead atoms. The first-order chi connectivity index (χ1) is 8.87. The van der Waals surface area contributed by atoms with Crippen LogP contribution in [0.15, 0.2) is 17.0 Å². The van der Waals surface area contributed by atoms with Crippen molar-refractivity contribution in [3.8, 4) is 0 Å². The average molecular weight is 282 g/mol. The largest absolute Gasteiger partial charge is 0.388 e. The standard InChI is InChI=1S/C14H22N2O2S/c1-10-8-13(15-4)9-11(2)14(10)19(17,18)16-7-5-6-12(16)3/h8-9,12,15H,5-7H2,1-4H3. The smallest absolute Gasteiger partial charge is 0.243 e. The van der Waals surface area contributed by atoms with Crippen molar-refractivity contribution in [1.82, 2.24) is 4.31 Å². The third-order valence-corrected chi connectivity index (χ3v) is 6.13. The molecule has 0 radical (unpaired) electrons. The van der Waals surface area contributed by atoms with Crippen LogP contribution in [0, 0.1) is 13.8 Å². The Morgan fingerprint density at radius 3 is 2.26 bits per heavy atom. The molecule has 0 aliphatic carbocycles. The maximum Gasteiger partial charge on any atom is 0.243 e. The van der Waals surface area contributed by atoms with Crippen molar-refractivity contribution in [2.75, 3.05) is 18.9 Å². The van der Waals surface area contributed by atoms with E-state index in [1.165, 1.54) is 0 Å². The normalized spacial score (nSPS) is 20.7. The summed E-state index contributed by atoms with van der Waals surface area (Å²) in [6.45, 7) is 6.34. The van der Waals surface area contributed by atoms with Crippen LogP contribution in [0.25, 0.3) is 0 Å². The summed E-state index contributed by atoms with van der Waals surface area (Å²) in [4.78, 5) is 0.472. The topological polar surface area (TPSA) is 49.4 Å². The fraction of sp³-hybridized carbons (Fsp3) is 0.571. The Morgan fingerprint density at radius 2 is 1.84 bits per heavy atom. The third kappa shape index (κ3) is 2.49. The predicted octanol–water partition coefficient (Wildman–Crippen LogP) is 2.52. The number of hydrogen-bond donors (Lipinski definition) is 1. The van der Waals surface area contributed by atoms with Crippen molar-refractivity contribution in [2.45, 2.75) is 44.6 Å². The lowest BCUT2D eigenvalue weighted by Gasteiger charge is -2.23. The molecule has 1 N–H and O–H groups in total. The summed E-state index contributed by atoms with van der Waals surface area (Å²) in [6, 6.07) is 3.88. The summed E-state index contributed by atoms with van der Waals surface area (Å²) < 4.78 is 27.2. The SMILES string of the molecule is CNc1cc(C)c(S(=O)(=O)N2CCCC2C)c(C)c1. The molecular formula is C14H22N2O2S. The van der Waals surface area contributed by atoms with Gasteiger partial charge in [-0.3, -0.25) is 0 Å². The third-order valence-electron chi connectivity index (χ3n) is 3.81. The van der Waals surface area contributed by atoms with Gasteiger partial charge in [-0.25, -0.2) is 8.42 Å². The summed E-state index contributed by atoms with van der Waals surface area (Å²) in [5.41, 5.74) is 2.57.